The Morgan fingerprint density at radius 2 is 2.21 bits per heavy atom. The molecule has 1 saturated carbocycles. The summed E-state index contributed by atoms with van der Waals surface area (Å²) in [5.41, 5.74) is 0.528. The maximum Gasteiger partial charge on any atom is 0.270 e. The van der Waals surface area contributed by atoms with Gasteiger partial charge in [-0.3, -0.25) is 19.8 Å². The first-order valence-electron chi connectivity index (χ1n) is 9.66. The van der Waals surface area contributed by atoms with E-state index >= 15 is 0 Å². The number of nitro benzene ring substituents is 1. The molecule has 2 aliphatic rings. The molecule has 2 heterocycles. The summed E-state index contributed by atoms with van der Waals surface area (Å²) >= 11 is 0. The molecule has 0 bridgehead atoms. The Bertz CT molecular complexity index is 864. The minimum absolute atomic E-state index is 0.00772. The lowest BCUT2D eigenvalue weighted by Crippen LogP contribution is -2.43. The molecule has 148 valence electrons. The largest absolute Gasteiger partial charge is 0.356 e. The number of hydrogen-bond donors (Lipinski definition) is 1. The van der Waals surface area contributed by atoms with Crippen molar-refractivity contribution in [3.8, 4) is 11.4 Å². The highest BCUT2D eigenvalue weighted by Gasteiger charge is 2.28. The van der Waals surface area contributed by atoms with Crippen LogP contribution in [0.15, 0.2) is 28.8 Å². The normalized spacial score (nSPS) is 20.1. The zero-order valence-electron chi connectivity index (χ0n) is 15.5. The van der Waals surface area contributed by atoms with Crippen LogP contribution in [0.25, 0.3) is 11.4 Å². The number of benzene rings is 1. The van der Waals surface area contributed by atoms with E-state index < -0.39 is 4.92 Å². The van der Waals surface area contributed by atoms with Crippen molar-refractivity contribution in [1.29, 1.82) is 0 Å². The van der Waals surface area contributed by atoms with Crippen molar-refractivity contribution in [2.24, 2.45) is 11.8 Å². The van der Waals surface area contributed by atoms with Crippen LogP contribution in [-0.4, -0.2) is 45.5 Å². The van der Waals surface area contributed by atoms with Crippen molar-refractivity contribution in [3.05, 3.63) is 40.3 Å². The lowest BCUT2D eigenvalue weighted by Gasteiger charge is -2.30. The number of nitrogens with one attached hydrogen (secondary N) is 1. The zero-order chi connectivity index (χ0) is 19.5. The number of nitrogens with zero attached hydrogens (tertiary/aromatic N) is 4. The van der Waals surface area contributed by atoms with Crippen LogP contribution in [0.3, 0.4) is 0 Å². The molecular weight excluding hydrogens is 362 g/mol. The third kappa shape index (κ3) is 4.53. The fourth-order valence-electron chi connectivity index (χ4n) is 3.51. The lowest BCUT2D eigenvalue weighted by molar-refractivity contribution is -0.384. The summed E-state index contributed by atoms with van der Waals surface area (Å²) in [6.07, 6.45) is 4.30. The van der Waals surface area contributed by atoms with Gasteiger partial charge in [-0.2, -0.15) is 4.98 Å². The molecule has 0 radical (unpaired) electrons. The van der Waals surface area contributed by atoms with Gasteiger partial charge < -0.3 is 9.84 Å². The molecular formula is C19H23N5O4. The van der Waals surface area contributed by atoms with Crippen LogP contribution in [0.5, 0.6) is 0 Å². The minimum atomic E-state index is -0.452. The molecule has 2 fully saturated rings. The van der Waals surface area contributed by atoms with Crippen LogP contribution in [-0.2, 0) is 11.3 Å². The van der Waals surface area contributed by atoms with Crippen LogP contribution in [0, 0.1) is 22.0 Å². The fourth-order valence-corrected chi connectivity index (χ4v) is 3.51. The van der Waals surface area contributed by atoms with Crippen LogP contribution in [0.1, 0.15) is 31.6 Å². The molecule has 1 saturated heterocycles. The number of amides is 1. The molecule has 2 aromatic rings. The molecule has 9 heteroatoms. The van der Waals surface area contributed by atoms with E-state index in [2.05, 4.69) is 20.4 Å². The molecule has 4 rings (SSSR count). The van der Waals surface area contributed by atoms with Crippen molar-refractivity contribution < 1.29 is 14.2 Å². The van der Waals surface area contributed by atoms with Crippen molar-refractivity contribution in [3.63, 3.8) is 0 Å². The van der Waals surface area contributed by atoms with Gasteiger partial charge in [0.05, 0.1) is 17.4 Å². The Hall–Kier alpha value is -2.81. The van der Waals surface area contributed by atoms with E-state index in [1.165, 1.54) is 25.0 Å². The van der Waals surface area contributed by atoms with Crippen molar-refractivity contribution >= 4 is 11.6 Å². The van der Waals surface area contributed by atoms with Gasteiger partial charge in [-0.15, -0.1) is 0 Å². The predicted octanol–water partition coefficient (Wildman–Crippen LogP) is 2.38. The number of piperidine rings is 1. The molecule has 1 atom stereocenters. The number of carbonyl (C=O) groups is 1. The van der Waals surface area contributed by atoms with E-state index in [9.17, 15) is 14.9 Å². The summed E-state index contributed by atoms with van der Waals surface area (Å²) in [6, 6.07) is 6.16. The van der Waals surface area contributed by atoms with Crippen LogP contribution in [0.2, 0.25) is 0 Å². The van der Waals surface area contributed by atoms with E-state index in [0.717, 1.165) is 25.9 Å². The minimum Gasteiger partial charge on any atom is -0.356 e. The molecule has 0 spiro atoms. The van der Waals surface area contributed by atoms with Crippen LogP contribution >= 0.6 is 0 Å². The quantitative estimate of drug-likeness (QED) is 0.575. The highest BCUT2D eigenvalue weighted by atomic mass is 16.6. The van der Waals surface area contributed by atoms with Gasteiger partial charge in [-0.25, -0.2) is 0 Å². The molecule has 1 aliphatic heterocycles. The van der Waals surface area contributed by atoms with Gasteiger partial charge in [-0.05, 0) is 38.1 Å². The Kier molecular flexibility index (Phi) is 5.34. The summed E-state index contributed by atoms with van der Waals surface area (Å²) in [7, 11) is 0. The number of hydrogen-bond acceptors (Lipinski definition) is 7. The zero-order valence-corrected chi connectivity index (χ0v) is 15.5. The predicted molar refractivity (Wildman–Crippen MR) is 100 cm³/mol. The first-order chi connectivity index (χ1) is 13.6. The first-order valence-corrected chi connectivity index (χ1v) is 9.66. The SMILES string of the molecule is O=C(NCC1CC1)C1CCCN(Cc2nc(-c3cccc([N+](=O)[O-])c3)no2)C1. The van der Waals surface area contributed by atoms with Gasteiger partial charge in [0.25, 0.3) is 5.69 Å². The third-order valence-electron chi connectivity index (χ3n) is 5.28. The van der Waals surface area contributed by atoms with Gasteiger partial charge in [0.15, 0.2) is 0 Å². The topological polar surface area (TPSA) is 114 Å². The van der Waals surface area contributed by atoms with Crippen LogP contribution in [0.4, 0.5) is 5.69 Å². The average molecular weight is 385 g/mol. The van der Waals surface area contributed by atoms with Crippen LogP contribution < -0.4 is 5.32 Å². The third-order valence-corrected chi connectivity index (χ3v) is 5.28. The fraction of sp³-hybridized carbons (Fsp3) is 0.526. The van der Waals surface area contributed by atoms with Gasteiger partial charge in [0, 0.05) is 30.8 Å². The van der Waals surface area contributed by atoms with Gasteiger partial charge in [0.1, 0.15) is 0 Å². The van der Waals surface area contributed by atoms with Gasteiger partial charge in [0.2, 0.25) is 17.6 Å². The molecule has 1 aromatic heterocycles. The molecule has 9 nitrogen and oxygen atoms in total. The van der Waals surface area contributed by atoms with Crippen molar-refractivity contribution in [1.82, 2.24) is 20.4 Å². The number of non-ortho nitro benzene ring substituents is 1. The standard InChI is InChI=1S/C19H23N5O4/c25-19(20-10-13-6-7-13)15-4-2-8-23(11-15)12-17-21-18(22-28-17)14-3-1-5-16(9-14)24(26)27/h1,3,5,9,13,15H,2,4,6-8,10-12H2,(H,20,25). The average Bonchev–Trinajstić information content (AvgIpc) is 3.43. The maximum atomic E-state index is 12.4. The van der Waals surface area contributed by atoms with Gasteiger partial charge in [-0.1, -0.05) is 17.3 Å². The van der Waals surface area contributed by atoms with Gasteiger partial charge >= 0.3 is 0 Å². The van der Waals surface area contributed by atoms with Crippen molar-refractivity contribution in [2.45, 2.75) is 32.2 Å². The maximum absolute atomic E-state index is 12.4. The lowest BCUT2D eigenvalue weighted by atomic mass is 9.97. The Balaban J connectivity index is 1.36. The second-order valence-corrected chi connectivity index (χ2v) is 7.58. The van der Waals surface area contributed by atoms with E-state index in [4.69, 9.17) is 4.52 Å². The summed E-state index contributed by atoms with van der Waals surface area (Å²) in [5, 5.41) is 17.9. The summed E-state index contributed by atoms with van der Waals surface area (Å²) in [6.45, 7) is 2.81. The summed E-state index contributed by atoms with van der Waals surface area (Å²) in [4.78, 5) is 29.4. The smallest absolute Gasteiger partial charge is 0.270 e. The molecule has 28 heavy (non-hydrogen) atoms. The van der Waals surface area contributed by atoms with E-state index in [0.29, 0.717) is 36.3 Å². The highest BCUT2D eigenvalue weighted by molar-refractivity contribution is 5.79. The number of carbonyl (C=O) groups excluding carboxylic acids is 1. The number of rotatable bonds is 7. The summed E-state index contributed by atoms with van der Waals surface area (Å²) in [5.74, 6) is 1.58. The molecule has 1 unspecified atom stereocenters. The second kappa shape index (κ2) is 8.05. The molecule has 1 N–H and O–H groups in total. The van der Waals surface area contributed by atoms with E-state index in [1.807, 2.05) is 0 Å². The van der Waals surface area contributed by atoms with E-state index in [1.54, 1.807) is 12.1 Å². The number of aromatic nitrogens is 2. The first kappa shape index (κ1) is 18.5. The van der Waals surface area contributed by atoms with Crippen molar-refractivity contribution in [2.75, 3.05) is 19.6 Å². The Morgan fingerprint density at radius 1 is 1.36 bits per heavy atom. The monoisotopic (exact) mass is 385 g/mol. The second-order valence-electron chi connectivity index (χ2n) is 7.58. The molecule has 1 amide bonds. The Morgan fingerprint density at radius 3 is 3.00 bits per heavy atom. The van der Waals surface area contributed by atoms with E-state index in [-0.39, 0.29) is 17.5 Å². The Labute approximate surface area is 162 Å². The number of likely N-dealkylation sites (tertiary alicyclic amines) is 1. The highest BCUT2D eigenvalue weighted by Crippen LogP contribution is 2.28. The molecule has 1 aliphatic carbocycles. The summed E-state index contributed by atoms with van der Waals surface area (Å²) < 4.78 is 5.33. The number of nitro groups is 1. The molecule has 1 aromatic carbocycles.